The Morgan fingerprint density at radius 3 is 1.73 bits per heavy atom. The summed E-state index contributed by atoms with van der Waals surface area (Å²) in [5, 5.41) is 9.99. The number of halogens is 2. The van der Waals surface area contributed by atoms with Crippen LogP contribution in [0.1, 0.15) is 6.92 Å². The SMILES string of the molecule is C=C=O.CC(=O)N(C)[O-].II. The maximum Gasteiger partial charge on any atom is 0.208 e. The highest BCUT2D eigenvalue weighted by molar-refractivity contribution is 15.0. The summed E-state index contributed by atoms with van der Waals surface area (Å²) in [6.07, 6.45) is 0. The normalized spacial score (nSPS) is 5.55. The molecule has 0 saturated heterocycles. The maximum atomic E-state index is 9.76. The fourth-order valence-electron chi connectivity index (χ4n) is 0. The van der Waals surface area contributed by atoms with Crippen LogP contribution >= 0.6 is 37.2 Å². The third-order valence-corrected chi connectivity index (χ3v) is 0.443. The van der Waals surface area contributed by atoms with Crippen LogP contribution in [0.5, 0.6) is 0 Å². The molecular formula is C5H8I2NO3-. The monoisotopic (exact) mass is 384 g/mol. The number of carbonyl (C=O) groups excluding carboxylic acids is 2. The van der Waals surface area contributed by atoms with Gasteiger partial charge in [-0.1, -0.05) is 0 Å². The van der Waals surface area contributed by atoms with Crippen LogP contribution in [0.2, 0.25) is 0 Å². The van der Waals surface area contributed by atoms with Crippen LogP contribution in [0, 0.1) is 5.21 Å². The highest BCUT2D eigenvalue weighted by Crippen LogP contribution is 1.89. The van der Waals surface area contributed by atoms with Gasteiger partial charge in [0.25, 0.3) is 0 Å². The zero-order valence-electron chi connectivity index (χ0n) is 6.13. The number of hydrogen-bond donors (Lipinski definition) is 0. The van der Waals surface area contributed by atoms with E-state index in [2.05, 4.69) is 43.8 Å². The molecule has 0 N–H and O–H groups in total. The molecule has 0 spiro atoms. The van der Waals surface area contributed by atoms with E-state index in [0.29, 0.717) is 0 Å². The third-order valence-electron chi connectivity index (χ3n) is 0.443. The van der Waals surface area contributed by atoms with Crippen LogP contribution in [0.4, 0.5) is 0 Å². The molecule has 6 heteroatoms. The van der Waals surface area contributed by atoms with Crippen LogP contribution in [-0.2, 0) is 9.59 Å². The number of nitrogens with zero attached hydrogens (tertiary/aromatic N) is 1. The number of hydrogen-bond acceptors (Lipinski definition) is 3. The van der Waals surface area contributed by atoms with Gasteiger partial charge in [0.05, 0.1) is 0 Å². The summed E-state index contributed by atoms with van der Waals surface area (Å²) < 4.78 is 0. The predicted octanol–water partition coefficient (Wildman–Crippen LogP) is 1.74. The molecule has 1 amide bonds. The molecule has 0 aliphatic rings. The zero-order valence-corrected chi connectivity index (χ0v) is 10.4. The molecule has 66 valence electrons. The first-order valence-corrected chi connectivity index (χ1v) is 8.54. The number of rotatable bonds is 0. The summed E-state index contributed by atoms with van der Waals surface area (Å²) in [4.78, 5) is 18.3. The van der Waals surface area contributed by atoms with E-state index in [1.165, 1.54) is 19.9 Å². The van der Waals surface area contributed by atoms with Crippen molar-refractivity contribution in [2.24, 2.45) is 0 Å². The summed E-state index contributed by atoms with van der Waals surface area (Å²) in [6, 6.07) is 0. The van der Waals surface area contributed by atoms with Gasteiger partial charge >= 0.3 is 0 Å². The van der Waals surface area contributed by atoms with Gasteiger partial charge in [0, 0.05) is 44.2 Å². The van der Waals surface area contributed by atoms with Crippen molar-refractivity contribution in [3.05, 3.63) is 11.8 Å². The second-order valence-electron chi connectivity index (χ2n) is 1.16. The molecule has 11 heavy (non-hydrogen) atoms. The Balaban J connectivity index is -0.000000109. The van der Waals surface area contributed by atoms with Crippen molar-refractivity contribution in [1.82, 2.24) is 5.06 Å². The van der Waals surface area contributed by atoms with E-state index in [4.69, 9.17) is 4.79 Å². The van der Waals surface area contributed by atoms with Crippen LogP contribution < -0.4 is 0 Å². The third kappa shape index (κ3) is 38.2. The fourth-order valence-corrected chi connectivity index (χ4v) is 0. The summed E-state index contributed by atoms with van der Waals surface area (Å²) in [6.45, 7) is 3.90. The number of hydroxylamine groups is 2. The van der Waals surface area contributed by atoms with Crippen molar-refractivity contribution < 1.29 is 9.59 Å². The molecule has 4 nitrogen and oxygen atoms in total. The first kappa shape index (κ1) is 17.4. The van der Waals surface area contributed by atoms with E-state index in [1.807, 2.05) is 0 Å². The lowest BCUT2D eigenvalue weighted by Gasteiger charge is -2.18. The number of amides is 1. The molecule has 0 heterocycles. The van der Waals surface area contributed by atoms with Gasteiger partial charge in [0.2, 0.25) is 5.91 Å². The Bertz CT molecular complexity index is 121. The zero-order chi connectivity index (χ0) is 9.86. The first-order valence-electron chi connectivity index (χ1n) is 2.26. The van der Waals surface area contributed by atoms with E-state index in [9.17, 15) is 10.0 Å². The van der Waals surface area contributed by atoms with E-state index in [1.54, 1.807) is 0 Å². The van der Waals surface area contributed by atoms with Crippen molar-refractivity contribution in [3.8, 4) is 0 Å². The van der Waals surface area contributed by atoms with E-state index < -0.39 is 5.91 Å². The molecular weight excluding hydrogens is 376 g/mol. The smallest absolute Gasteiger partial charge is 0.208 e. The van der Waals surface area contributed by atoms with Crippen LogP contribution in [0.25, 0.3) is 0 Å². The second kappa shape index (κ2) is 16.7. The van der Waals surface area contributed by atoms with E-state index >= 15 is 0 Å². The molecule has 0 radical (unpaired) electrons. The van der Waals surface area contributed by atoms with Gasteiger partial charge in [0.1, 0.15) is 5.94 Å². The second-order valence-corrected chi connectivity index (χ2v) is 1.16. The molecule has 0 aromatic heterocycles. The molecule has 0 saturated carbocycles. The highest BCUT2D eigenvalue weighted by atomic mass is 128. The average molecular weight is 384 g/mol. The minimum atomic E-state index is -0.463. The molecule has 0 atom stereocenters. The Labute approximate surface area is 88.9 Å². The minimum absolute atomic E-state index is 0.278. The van der Waals surface area contributed by atoms with Crippen molar-refractivity contribution in [2.75, 3.05) is 7.05 Å². The van der Waals surface area contributed by atoms with Gasteiger partial charge in [0.15, 0.2) is 0 Å². The van der Waals surface area contributed by atoms with Crippen molar-refractivity contribution in [2.45, 2.75) is 6.92 Å². The molecule has 0 fully saturated rings. The Kier molecular flexibility index (Phi) is 26.5. The molecule has 0 aliphatic carbocycles. The van der Waals surface area contributed by atoms with Crippen LogP contribution in [0.3, 0.4) is 0 Å². The van der Waals surface area contributed by atoms with E-state index in [-0.39, 0.29) is 5.06 Å². The van der Waals surface area contributed by atoms with Gasteiger partial charge in [-0.3, -0.25) is 4.79 Å². The summed E-state index contributed by atoms with van der Waals surface area (Å²) in [7, 11) is 1.17. The average Bonchev–Trinajstić information content (AvgIpc) is 1.93. The standard InChI is InChI=1S/C3H6NO2.C2H2O.I2/c1-3(5)4(2)6;1-2-3;1-2/h1-2H3;1H2;/q-1;;. The number of carbonyl (C=O) groups is 1. The van der Waals surface area contributed by atoms with Gasteiger partial charge in [-0.2, -0.15) is 0 Å². The summed E-state index contributed by atoms with van der Waals surface area (Å²) in [5.41, 5.74) is 0. The first-order chi connectivity index (χ1) is 5.06. The van der Waals surface area contributed by atoms with E-state index in [0.717, 1.165) is 0 Å². The van der Waals surface area contributed by atoms with Crippen molar-refractivity contribution in [3.63, 3.8) is 0 Å². The maximum absolute atomic E-state index is 9.76. The van der Waals surface area contributed by atoms with Gasteiger partial charge < -0.3 is 10.3 Å². The Hall–Kier alpha value is 0.340. The van der Waals surface area contributed by atoms with Crippen LogP contribution in [0.15, 0.2) is 6.58 Å². The van der Waals surface area contributed by atoms with Gasteiger partial charge in [-0.25, -0.2) is 4.79 Å². The van der Waals surface area contributed by atoms with Crippen molar-refractivity contribution in [1.29, 1.82) is 0 Å². The molecule has 0 aromatic rings. The highest BCUT2D eigenvalue weighted by Gasteiger charge is 1.80. The topological polar surface area (TPSA) is 60.4 Å². The largest absolute Gasteiger partial charge is 0.756 e. The van der Waals surface area contributed by atoms with Crippen LogP contribution in [-0.4, -0.2) is 24.0 Å². The fraction of sp³-hybridized carbons (Fsp3) is 0.400. The Morgan fingerprint density at radius 1 is 1.64 bits per heavy atom. The molecule has 0 unspecified atom stereocenters. The molecule has 0 aromatic carbocycles. The lowest BCUT2D eigenvalue weighted by Crippen LogP contribution is -2.14. The van der Waals surface area contributed by atoms with Gasteiger partial charge in [-0.15, -0.1) is 0 Å². The minimum Gasteiger partial charge on any atom is -0.756 e. The predicted molar refractivity (Wildman–Crippen MR) is 61.2 cm³/mol. The summed E-state index contributed by atoms with van der Waals surface area (Å²) in [5.74, 6) is 0.787. The van der Waals surface area contributed by atoms with Gasteiger partial charge in [-0.05, 0) is 13.6 Å². The lowest BCUT2D eigenvalue weighted by molar-refractivity contribution is -0.125. The lowest BCUT2D eigenvalue weighted by atomic mass is 10.7. The Morgan fingerprint density at radius 2 is 1.73 bits per heavy atom. The summed E-state index contributed by atoms with van der Waals surface area (Å²) >= 11 is 4.24. The molecule has 0 aliphatic heterocycles. The molecule has 0 bridgehead atoms. The quantitative estimate of drug-likeness (QED) is 0.363. The molecule has 0 rings (SSSR count). The van der Waals surface area contributed by atoms with Crippen molar-refractivity contribution >= 4 is 49.1 Å².